The molecular weight excluding hydrogens is 859 g/mol. The zero-order chi connectivity index (χ0) is 50.6. The number of carboxylic acids is 1. The Hall–Kier alpha value is -5.05. The molecule has 0 aliphatic rings. The molecule has 0 rings (SSSR count). The molecule has 0 aliphatic carbocycles. The van der Waals surface area contributed by atoms with Crippen LogP contribution in [0.3, 0.4) is 0 Å². The summed E-state index contributed by atoms with van der Waals surface area (Å²) in [6.07, 6.45) is 74.5. The van der Waals surface area contributed by atoms with E-state index in [1.807, 2.05) is 21.1 Å². The van der Waals surface area contributed by atoms with Gasteiger partial charge in [0.15, 0.2) is 12.1 Å². The SMILES string of the molecule is CC/C=C/C/C=C/C/C=C/C/C=C/C/C=C/C/C=C/C/C=C/CCCC(=O)OCC(COCCC(C(=O)O)[N+](C)(C)C)OC(=O)CCCCC/C=C/C/C=C/C/C=C/C/C=C/C/C=C/C/C=C/CC. The summed E-state index contributed by atoms with van der Waals surface area (Å²) in [4.78, 5) is 37.2. The van der Waals surface area contributed by atoms with Crippen molar-refractivity contribution >= 4 is 17.9 Å². The molecular formula is C61H94NO7+. The van der Waals surface area contributed by atoms with Gasteiger partial charge in [0, 0.05) is 19.3 Å². The fourth-order valence-corrected chi connectivity index (χ4v) is 6.49. The Morgan fingerprint density at radius 3 is 1.14 bits per heavy atom. The number of carbonyl (C=O) groups is 3. The van der Waals surface area contributed by atoms with E-state index in [1.165, 1.54) is 0 Å². The van der Waals surface area contributed by atoms with Gasteiger partial charge in [-0.3, -0.25) is 9.59 Å². The van der Waals surface area contributed by atoms with Crippen LogP contribution in [0.2, 0.25) is 0 Å². The molecule has 0 amide bonds. The molecule has 69 heavy (non-hydrogen) atoms. The molecule has 0 saturated heterocycles. The maximum absolute atomic E-state index is 12.8. The van der Waals surface area contributed by atoms with Crippen molar-refractivity contribution in [2.45, 2.75) is 167 Å². The zero-order valence-electron chi connectivity index (χ0n) is 43.7. The zero-order valence-corrected chi connectivity index (χ0v) is 43.7. The monoisotopic (exact) mass is 953 g/mol. The topological polar surface area (TPSA) is 99.1 Å². The number of hydrogen-bond donors (Lipinski definition) is 1. The average molecular weight is 953 g/mol. The van der Waals surface area contributed by atoms with Crippen molar-refractivity contribution in [2.24, 2.45) is 0 Å². The van der Waals surface area contributed by atoms with E-state index in [4.69, 9.17) is 14.2 Å². The molecule has 0 saturated carbocycles. The summed E-state index contributed by atoms with van der Waals surface area (Å²) in [7, 11) is 5.49. The summed E-state index contributed by atoms with van der Waals surface area (Å²) in [6.45, 7) is 4.38. The summed E-state index contributed by atoms with van der Waals surface area (Å²) < 4.78 is 17.2. The molecule has 8 nitrogen and oxygen atoms in total. The second-order valence-electron chi connectivity index (χ2n) is 17.7. The van der Waals surface area contributed by atoms with E-state index < -0.39 is 18.1 Å². The highest BCUT2D eigenvalue weighted by Gasteiger charge is 2.31. The molecule has 384 valence electrons. The average Bonchev–Trinajstić information content (AvgIpc) is 3.31. The van der Waals surface area contributed by atoms with Crippen molar-refractivity contribution in [2.75, 3.05) is 41.0 Å². The van der Waals surface area contributed by atoms with Crippen molar-refractivity contribution < 1.29 is 38.2 Å². The number of ether oxygens (including phenoxy) is 3. The first-order valence-electron chi connectivity index (χ1n) is 26.0. The molecule has 0 aromatic rings. The Morgan fingerprint density at radius 1 is 0.435 bits per heavy atom. The minimum Gasteiger partial charge on any atom is -0.477 e. The number of esters is 2. The number of allylic oxidation sites excluding steroid dienone is 26. The lowest BCUT2D eigenvalue weighted by molar-refractivity contribution is -0.887. The predicted octanol–water partition coefficient (Wildman–Crippen LogP) is 15.5. The summed E-state index contributed by atoms with van der Waals surface area (Å²) in [6, 6.07) is -0.642. The second kappa shape index (κ2) is 49.4. The number of quaternary nitrogens is 1. The number of hydrogen-bond acceptors (Lipinski definition) is 6. The summed E-state index contributed by atoms with van der Waals surface area (Å²) in [5.74, 6) is -1.61. The molecule has 8 heteroatoms. The molecule has 0 bridgehead atoms. The van der Waals surface area contributed by atoms with Crippen LogP contribution in [0, 0.1) is 0 Å². The number of carbonyl (C=O) groups excluding carboxylic acids is 2. The molecule has 0 aromatic carbocycles. The Kier molecular flexibility index (Phi) is 45.8. The summed E-state index contributed by atoms with van der Waals surface area (Å²) in [5.41, 5.74) is 0. The number of nitrogens with zero attached hydrogens (tertiary/aromatic N) is 1. The van der Waals surface area contributed by atoms with Crippen LogP contribution in [-0.2, 0) is 28.6 Å². The fraction of sp³-hybridized carbons (Fsp3) is 0.525. The van der Waals surface area contributed by atoms with E-state index >= 15 is 0 Å². The van der Waals surface area contributed by atoms with E-state index in [0.29, 0.717) is 19.3 Å². The van der Waals surface area contributed by atoms with Gasteiger partial charge >= 0.3 is 17.9 Å². The fourth-order valence-electron chi connectivity index (χ4n) is 6.49. The van der Waals surface area contributed by atoms with Crippen LogP contribution in [0.25, 0.3) is 0 Å². The lowest BCUT2D eigenvalue weighted by Gasteiger charge is -2.31. The van der Waals surface area contributed by atoms with E-state index in [-0.39, 0.29) is 49.1 Å². The van der Waals surface area contributed by atoms with Gasteiger partial charge in [0.25, 0.3) is 0 Å². The van der Waals surface area contributed by atoms with E-state index in [1.54, 1.807) is 0 Å². The highest BCUT2D eigenvalue weighted by molar-refractivity contribution is 5.72. The van der Waals surface area contributed by atoms with Crippen molar-refractivity contribution in [1.29, 1.82) is 0 Å². The van der Waals surface area contributed by atoms with E-state index in [0.717, 1.165) is 109 Å². The van der Waals surface area contributed by atoms with E-state index in [9.17, 15) is 19.5 Å². The predicted molar refractivity (Wildman–Crippen MR) is 293 cm³/mol. The Morgan fingerprint density at radius 2 is 0.783 bits per heavy atom. The number of rotatable bonds is 44. The Balaban J connectivity index is 4.47. The van der Waals surface area contributed by atoms with Gasteiger partial charge in [-0.2, -0.15) is 0 Å². The minimum atomic E-state index is -0.896. The first-order chi connectivity index (χ1) is 33.6. The van der Waals surface area contributed by atoms with Crippen LogP contribution in [-0.4, -0.2) is 80.6 Å². The minimum absolute atomic E-state index is 0.0164. The van der Waals surface area contributed by atoms with Crippen molar-refractivity contribution in [3.8, 4) is 0 Å². The second-order valence-corrected chi connectivity index (χ2v) is 17.7. The first-order valence-corrected chi connectivity index (χ1v) is 26.0. The van der Waals surface area contributed by atoms with Crippen molar-refractivity contribution in [1.82, 2.24) is 0 Å². The number of unbranched alkanes of at least 4 members (excludes halogenated alkanes) is 4. The smallest absolute Gasteiger partial charge is 0.362 e. The lowest BCUT2D eigenvalue weighted by Crippen LogP contribution is -2.50. The number of likely N-dealkylation sites (N-methyl/N-ethyl adjacent to an activating group) is 1. The molecule has 0 fully saturated rings. The Labute approximate surface area is 420 Å². The number of carboxylic acid groups (broad SMARTS) is 1. The van der Waals surface area contributed by atoms with Gasteiger partial charge in [0.05, 0.1) is 34.4 Å². The van der Waals surface area contributed by atoms with Gasteiger partial charge in [-0.25, -0.2) is 4.79 Å². The molecule has 0 heterocycles. The lowest BCUT2D eigenvalue weighted by atomic mass is 10.1. The standard InChI is InChI=1S/C61H93NO7/c1-6-8-10-12-14-16-18-20-22-24-26-28-30-32-33-35-37-39-41-43-45-47-49-51-59(63)68-56-57(55-67-54-53-58(61(65)66)62(3,4)5)69-60(64)52-50-48-46-44-42-40-38-36-34-31-29-27-25-23-21-19-17-15-13-11-9-7-2/h8-11,14-17,20-23,26-29,32-34,36-37,39-40,42-43,45,57-58H,6-7,12-13,18-19,24-25,30-31,35,38,41,44,46-56H2,1-5H3/p+1/b10-8+,11-9+,16-14+,17-15+,22-20+,23-21+,28-26+,29-27+,33-32+,36-34+,39-37+,42-40+,45-43+. The first kappa shape index (κ1) is 64.0. The quantitative estimate of drug-likeness (QED) is 0.0281. The molecule has 0 aliphatic heterocycles. The van der Waals surface area contributed by atoms with Crippen molar-refractivity contribution in [3.05, 3.63) is 158 Å². The molecule has 0 aromatic heterocycles. The summed E-state index contributed by atoms with van der Waals surface area (Å²) >= 11 is 0. The normalized spacial score (nSPS) is 14.2. The van der Waals surface area contributed by atoms with Crippen LogP contribution in [0.1, 0.15) is 155 Å². The van der Waals surface area contributed by atoms with E-state index in [2.05, 4.69) is 172 Å². The van der Waals surface area contributed by atoms with Gasteiger partial charge in [-0.05, 0) is 116 Å². The highest BCUT2D eigenvalue weighted by atomic mass is 16.6. The van der Waals surface area contributed by atoms with Gasteiger partial charge in [-0.1, -0.05) is 178 Å². The molecule has 1 N–H and O–H groups in total. The van der Waals surface area contributed by atoms with Crippen LogP contribution < -0.4 is 0 Å². The maximum atomic E-state index is 12.8. The third-order valence-corrected chi connectivity index (χ3v) is 10.4. The molecule has 2 atom stereocenters. The third-order valence-electron chi connectivity index (χ3n) is 10.4. The van der Waals surface area contributed by atoms with Gasteiger partial charge < -0.3 is 23.8 Å². The van der Waals surface area contributed by atoms with Gasteiger partial charge in [0.1, 0.15) is 6.61 Å². The summed E-state index contributed by atoms with van der Waals surface area (Å²) in [5, 5.41) is 9.66. The Bertz CT molecular complexity index is 1670. The third kappa shape index (κ3) is 47.8. The van der Waals surface area contributed by atoms with Gasteiger partial charge in [-0.15, -0.1) is 0 Å². The maximum Gasteiger partial charge on any atom is 0.362 e. The van der Waals surface area contributed by atoms with Gasteiger partial charge in [0.2, 0.25) is 0 Å². The van der Waals surface area contributed by atoms with Crippen LogP contribution >= 0.6 is 0 Å². The van der Waals surface area contributed by atoms with Crippen LogP contribution in [0.4, 0.5) is 0 Å². The van der Waals surface area contributed by atoms with Crippen molar-refractivity contribution in [3.63, 3.8) is 0 Å². The highest BCUT2D eigenvalue weighted by Crippen LogP contribution is 2.11. The van der Waals surface area contributed by atoms with Crippen LogP contribution in [0.5, 0.6) is 0 Å². The molecule has 2 unspecified atom stereocenters. The molecule has 0 spiro atoms. The number of aliphatic carboxylic acids is 1. The van der Waals surface area contributed by atoms with Crippen LogP contribution in [0.15, 0.2) is 158 Å². The largest absolute Gasteiger partial charge is 0.477 e. The molecule has 0 radical (unpaired) electrons.